The predicted molar refractivity (Wildman–Crippen MR) is 101 cm³/mol. The van der Waals surface area contributed by atoms with E-state index in [-0.39, 0.29) is 5.56 Å². The van der Waals surface area contributed by atoms with Gasteiger partial charge in [-0.2, -0.15) is 0 Å². The van der Waals surface area contributed by atoms with Gasteiger partial charge in [-0.15, -0.1) is 0 Å². The average Bonchev–Trinajstić information content (AvgIpc) is 3.47. The lowest BCUT2D eigenvalue weighted by Crippen LogP contribution is -2.36. The molecule has 1 aliphatic heterocycles. The second-order valence-electron chi connectivity index (χ2n) is 6.97. The third-order valence-electron chi connectivity index (χ3n) is 4.93. The first-order chi connectivity index (χ1) is 12.5. The Morgan fingerprint density at radius 3 is 2.65 bits per heavy atom. The van der Waals surface area contributed by atoms with Gasteiger partial charge in [-0.1, -0.05) is 30.0 Å². The molecule has 2 aromatic rings. The minimum Gasteiger partial charge on any atom is -0.390 e. The molecule has 1 unspecified atom stereocenters. The first-order valence-corrected chi connectivity index (χ1v) is 9.71. The summed E-state index contributed by atoms with van der Waals surface area (Å²) in [7, 11) is 1.78. The molecule has 138 valence electrons. The fraction of sp³-hybridized carbons (Fsp3) is 0.400. The number of likely N-dealkylation sites (N-methyl/N-ethyl adjacent to an activating group) is 1. The molecule has 2 aromatic carbocycles. The molecule has 2 N–H and O–H groups in total. The van der Waals surface area contributed by atoms with Gasteiger partial charge in [-0.3, -0.25) is 0 Å². The van der Waals surface area contributed by atoms with Crippen molar-refractivity contribution < 1.29 is 13.9 Å². The lowest BCUT2D eigenvalue weighted by Gasteiger charge is -2.35. The zero-order chi connectivity index (χ0) is 18.3. The molecule has 0 bridgehead atoms. The Labute approximate surface area is 156 Å². The van der Waals surface area contributed by atoms with Crippen molar-refractivity contribution in [3.63, 3.8) is 0 Å². The summed E-state index contributed by atoms with van der Waals surface area (Å²) in [6, 6.07) is 12.9. The summed E-state index contributed by atoms with van der Waals surface area (Å²) in [6.07, 6.45) is 0.579. The second-order valence-corrected chi connectivity index (χ2v) is 8.06. The largest absolute Gasteiger partial charge is 0.390 e. The van der Waals surface area contributed by atoms with Crippen LogP contribution in [0.15, 0.2) is 52.3 Å². The average molecular weight is 376 g/mol. The molecule has 6 heteroatoms. The lowest BCUT2D eigenvalue weighted by atomic mass is 10.0. The van der Waals surface area contributed by atoms with Gasteiger partial charge in [0.25, 0.3) is 5.92 Å². The number of fused-ring (bicyclic) bond motifs is 2. The second kappa shape index (κ2) is 6.83. The number of aliphatic hydroxyl groups excluding tert-OH is 1. The van der Waals surface area contributed by atoms with Crippen molar-refractivity contribution in [3.05, 3.63) is 48.0 Å². The van der Waals surface area contributed by atoms with Crippen LogP contribution >= 0.6 is 11.8 Å². The van der Waals surface area contributed by atoms with Gasteiger partial charge in [0.2, 0.25) is 0 Å². The van der Waals surface area contributed by atoms with E-state index in [1.165, 1.54) is 0 Å². The Morgan fingerprint density at radius 1 is 1.19 bits per heavy atom. The van der Waals surface area contributed by atoms with Crippen molar-refractivity contribution in [2.45, 2.75) is 34.7 Å². The molecule has 0 spiro atoms. The van der Waals surface area contributed by atoms with Crippen molar-refractivity contribution in [2.75, 3.05) is 25.0 Å². The van der Waals surface area contributed by atoms with Crippen LogP contribution in [0.4, 0.5) is 20.2 Å². The van der Waals surface area contributed by atoms with Crippen molar-refractivity contribution in [1.82, 2.24) is 5.32 Å². The topological polar surface area (TPSA) is 35.5 Å². The van der Waals surface area contributed by atoms with Crippen molar-refractivity contribution in [3.8, 4) is 0 Å². The van der Waals surface area contributed by atoms with E-state index >= 15 is 0 Å². The maximum absolute atomic E-state index is 14.6. The molecule has 0 radical (unpaired) electrons. The van der Waals surface area contributed by atoms with Gasteiger partial charge in [0.15, 0.2) is 0 Å². The van der Waals surface area contributed by atoms with Gasteiger partial charge < -0.3 is 15.3 Å². The highest BCUT2D eigenvalue weighted by Gasteiger charge is 2.48. The zero-order valence-electron chi connectivity index (χ0n) is 14.6. The van der Waals surface area contributed by atoms with Crippen molar-refractivity contribution in [2.24, 2.45) is 5.92 Å². The zero-order valence-corrected chi connectivity index (χ0v) is 15.4. The monoisotopic (exact) mass is 376 g/mol. The molecule has 1 aliphatic carbocycles. The number of nitrogens with zero attached hydrogens (tertiary/aromatic N) is 1. The van der Waals surface area contributed by atoms with Crippen LogP contribution < -0.4 is 10.2 Å². The summed E-state index contributed by atoms with van der Waals surface area (Å²) in [5, 5.41) is 13.3. The SMILES string of the molecule is CNCC(O)CN1c2ccccc2Sc2ccc(C(F)(F)C3CC3)cc21. The highest BCUT2D eigenvalue weighted by molar-refractivity contribution is 7.99. The number of hydrogen-bond donors (Lipinski definition) is 2. The van der Waals surface area contributed by atoms with E-state index < -0.39 is 17.9 Å². The van der Waals surface area contributed by atoms with Gasteiger partial charge in [0, 0.05) is 27.8 Å². The third-order valence-corrected chi connectivity index (χ3v) is 6.06. The minimum atomic E-state index is -2.79. The number of benzene rings is 2. The van der Waals surface area contributed by atoms with Crippen molar-refractivity contribution >= 4 is 23.1 Å². The van der Waals surface area contributed by atoms with Crippen LogP contribution in [-0.2, 0) is 5.92 Å². The molecule has 2 aliphatic rings. The number of β-amino-alcohol motifs (C(OH)–C–C–N with tert-alkyl or cyclic N) is 1. The molecule has 0 amide bonds. The number of hydrogen-bond acceptors (Lipinski definition) is 4. The summed E-state index contributed by atoms with van der Waals surface area (Å²) < 4.78 is 29.3. The van der Waals surface area contributed by atoms with Gasteiger partial charge >= 0.3 is 0 Å². The van der Waals surface area contributed by atoms with Gasteiger partial charge in [0.1, 0.15) is 0 Å². The highest BCUT2D eigenvalue weighted by Crippen LogP contribution is 2.53. The van der Waals surface area contributed by atoms with Crippen LogP contribution in [0.5, 0.6) is 0 Å². The molecule has 1 fully saturated rings. The van der Waals surface area contributed by atoms with E-state index in [9.17, 15) is 13.9 Å². The third kappa shape index (κ3) is 3.21. The quantitative estimate of drug-likeness (QED) is 0.785. The smallest absolute Gasteiger partial charge is 0.276 e. The van der Waals surface area contributed by atoms with Crippen LogP contribution in [0.1, 0.15) is 18.4 Å². The molecule has 1 heterocycles. The standard InChI is InChI=1S/C20H22F2N2OS/c1-23-11-15(25)12-24-16-4-2-3-5-18(16)26-19-9-8-14(10-17(19)24)20(21,22)13-6-7-13/h2-5,8-10,13,15,23,25H,6-7,11-12H2,1H3. The van der Waals surface area contributed by atoms with E-state index in [1.807, 2.05) is 29.2 Å². The fourth-order valence-corrected chi connectivity index (χ4v) is 4.50. The molecule has 3 nitrogen and oxygen atoms in total. The van der Waals surface area contributed by atoms with E-state index in [2.05, 4.69) is 5.32 Å². The normalized spacial score (nSPS) is 17.6. The minimum absolute atomic E-state index is 0.0758. The molecule has 1 atom stereocenters. The molecule has 0 aromatic heterocycles. The number of aliphatic hydroxyl groups is 1. The van der Waals surface area contributed by atoms with E-state index in [0.29, 0.717) is 25.9 Å². The summed E-state index contributed by atoms with van der Waals surface area (Å²) in [5.74, 6) is -3.32. The van der Waals surface area contributed by atoms with Gasteiger partial charge in [-0.25, -0.2) is 8.78 Å². The number of anilines is 2. The number of halogens is 2. The van der Waals surface area contributed by atoms with Crippen LogP contribution in [0, 0.1) is 5.92 Å². The molecule has 0 saturated heterocycles. The highest BCUT2D eigenvalue weighted by atomic mass is 32.2. The first-order valence-electron chi connectivity index (χ1n) is 8.90. The summed E-state index contributed by atoms with van der Waals surface area (Å²) in [6.45, 7) is 0.795. The number of para-hydroxylation sites is 1. The number of rotatable bonds is 6. The Morgan fingerprint density at radius 2 is 1.92 bits per heavy atom. The summed E-state index contributed by atoms with van der Waals surface area (Å²) >= 11 is 1.59. The van der Waals surface area contributed by atoms with Crippen LogP contribution in [0.2, 0.25) is 0 Å². The first kappa shape index (κ1) is 17.8. The van der Waals surface area contributed by atoms with Crippen LogP contribution in [0.25, 0.3) is 0 Å². The molecular weight excluding hydrogens is 354 g/mol. The summed E-state index contributed by atoms with van der Waals surface area (Å²) in [4.78, 5) is 3.98. The Kier molecular flexibility index (Phi) is 4.67. The Balaban J connectivity index is 1.75. The Bertz CT molecular complexity index is 810. The maximum Gasteiger partial charge on any atom is 0.276 e. The lowest BCUT2D eigenvalue weighted by molar-refractivity contribution is -0.0285. The maximum atomic E-state index is 14.6. The van der Waals surface area contributed by atoms with Gasteiger partial charge in [-0.05, 0) is 44.2 Å². The van der Waals surface area contributed by atoms with Crippen molar-refractivity contribution in [1.29, 1.82) is 0 Å². The molecular formula is C20H22F2N2OS. The molecule has 26 heavy (non-hydrogen) atoms. The van der Waals surface area contributed by atoms with Crippen LogP contribution in [-0.4, -0.2) is 31.3 Å². The van der Waals surface area contributed by atoms with Gasteiger partial charge in [0.05, 0.1) is 24.0 Å². The van der Waals surface area contributed by atoms with Crippen LogP contribution in [0.3, 0.4) is 0 Å². The predicted octanol–water partition coefficient (Wildman–Crippen LogP) is 4.37. The van der Waals surface area contributed by atoms with E-state index in [4.69, 9.17) is 0 Å². The summed E-state index contributed by atoms with van der Waals surface area (Å²) in [5.41, 5.74) is 1.78. The molecule has 4 rings (SSSR count). The molecule has 1 saturated carbocycles. The number of alkyl halides is 2. The number of nitrogens with one attached hydrogen (secondary N) is 1. The Hall–Kier alpha value is -1.63. The van der Waals surface area contributed by atoms with E-state index in [0.717, 1.165) is 21.2 Å². The van der Waals surface area contributed by atoms with E-state index in [1.54, 1.807) is 37.0 Å². The fourth-order valence-electron chi connectivity index (χ4n) is 3.43.